The van der Waals surface area contributed by atoms with Crippen LogP contribution in [-0.4, -0.2) is 47.0 Å². The number of nitrogens with zero attached hydrogens (tertiary/aromatic N) is 3. The molecule has 1 N–H and O–H groups in total. The number of rotatable bonds is 6. The Hall–Kier alpha value is -2.28. The molecule has 148 valence electrons. The van der Waals surface area contributed by atoms with Crippen molar-refractivity contribution < 1.29 is 14.3 Å². The number of carbonyl (C=O) groups excluding carboxylic acids is 1. The van der Waals surface area contributed by atoms with Crippen molar-refractivity contribution in [2.24, 2.45) is 0 Å². The first kappa shape index (κ1) is 19.5. The minimum atomic E-state index is -0.479. The summed E-state index contributed by atoms with van der Waals surface area (Å²) in [6.45, 7) is 10.6. The predicted molar refractivity (Wildman–Crippen MR) is 106 cm³/mol. The van der Waals surface area contributed by atoms with Gasteiger partial charge in [0.15, 0.2) is 0 Å². The Labute approximate surface area is 160 Å². The summed E-state index contributed by atoms with van der Waals surface area (Å²) in [6.07, 6.45) is 3.37. The molecule has 1 aromatic heterocycles. The highest BCUT2D eigenvalue weighted by Crippen LogP contribution is 2.25. The largest absolute Gasteiger partial charge is 0.444 e. The van der Waals surface area contributed by atoms with Gasteiger partial charge >= 0.3 is 6.09 Å². The number of aromatic nitrogens is 2. The van der Waals surface area contributed by atoms with Crippen molar-refractivity contribution in [3.63, 3.8) is 0 Å². The molecule has 1 saturated heterocycles. The van der Waals surface area contributed by atoms with Gasteiger partial charge in [-0.05, 0) is 51.8 Å². The van der Waals surface area contributed by atoms with Gasteiger partial charge in [0.05, 0.1) is 23.4 Å². The number of carbonyl (C=O) groups is 1. The van der Waals surface area contributed by atoms with Crippen LogP contribution in [0.2, 0.25) is 0 Å². The van der Waals surface area contributed by atoms with Crippen molar-refractivity contribution in [2.45, 2.75) is 58.9 Å². The van der Waals surface area contributed by atoms with E-state index in [-0.39, 0.29) is 12.1 Å². The van der Waals surface area contributed by atoms with Gasteiger partial charge in [0.25, 0.3) is 0 Å². The Balaban J connectivity index is 1.60. The number of benzene rings is 1. The van der Waals surface area contributed by atoms with E-state index < -0.39 is 5.60 Å². The van der Waals surface area contributed by atoms with E-state index in [9.17, 15) is 4.79 Å². The molecule has 0 radical (unpaired) electrons. The Morgan fingerprint density at radius 1 is 1.37 bits per heavy atom. The van der Waals surface area contributed by atoms with Gasteiger partial charge in [-0.15, -0.1) is 0 Å². The quantitative estimate of drug-likeness (QED) is 0.784. The lowest BCUT2D eigenvalue weighted by Crippen LogP contribution is -2.40. The van der Waals surface area contributed by atoms with Crippen LogP contribution in [0.1, 0.15) is 40.5 Å². The number of fused-ring (bicyclic) bond motifs is 1. The standard InChI is InChI=1S/C20H30N4O3/c1-5-10-26-14-24-13-21-17-11-16(6-7-18(17)24)23-9-8-15(12-23)22-19(25)27-20(2,3)4/h6-7,11,13,15H,5,8-10,12,14H2,1-4H3,(H,22,25). The fourth-order valence-electron chi connectivity index (χ4n) is 3.25. The molecule has 1 unspecified atom stereocenters. The van der Waals surface area contributed by atoms with Gasteiger partial charge in [0, 0.05) is 25.4 Å². The lowest BCUT2D eigenvalue weighted by molar-refractivity contribution is 0.0509. The number of nitrogens with one attached hydrogen (secondary N) is 1. The van der Waals surface area contributed by atoms with Crippen LogP contribution >= 0.6 is 0 Å². The van der Waals surface area contributed by atoms with E-state index in [0.717, 1.165) is 49.3 Å². The second-order valence-electron chi connectivity index (χ2n) is 8.00. The third-order valence-corrected chi connectivity index (χ3v) is 4.46. The maximum atomic E-state index is 12.0. The van der Waals surface area contributed by atoms with Gasteiger partial charge in [0.2, 0.25) is 0 Å². The van der Waals surface area contributed by atoms with Crippen LogP contribution in [0.3, 0.4) is 0 Å². The molecule has 1 aliphatic rings. The number of anilines is 1. The van der Waals surface area contributed by atoms with E-state index in [0.29, 0.717) is 6.73 Å². The normalized spacial score (nSPS) is 17.5. The van der Waals surface area contributed by atoms with Gasteiger partial charge in [-0.25, -0.2) is 9.78 Å². The summed E-state index contributed by atoms with van der Waals surface area (Å²) >= 11 is 0. The summed E-state index contributed by atoms with van der Waals surface area (Å²) in [5.74, 6) is 0. The monoisotopic (exact) mass is 374 g/mol. The van der Waals surface area contributed by atoms with Crippen molar-refractivity contribution in [1.82, 2.24) is 14.9 Å². The second-order valence-corrected chi connectivity index (χ2v) is 8.00. The SMILES string of the molecule is CCCOCn1cnc2cc(N3CCC(NC(=O)OC(C)(C)C)C3)ccc21. The average Bonchev–Trinajstić information content (AvgIpc) is 3.20. The molecule has 1 aliphatic heterocycles. The predicted octanol–water partition coefficient (Wildman–Crippen LogP) is 3.52. The van der Waals surface area contributed by atoms with Gasteiger partial charge in [-0.3, -0.25) is 0 Å². The van der Waals surface area contributed by atoms with E-state index >= 15 is 0 Å². The first-order chi connectivity index (χ1) is 12.9. The number of imidazole rings is 1. The molecule has 1 fully saturated rings. The molecular weight excluding hydrogens is 344 g/mol. The molecule has 1 atom stereocenters. The van der Waals surface area contributed by atoms with Crippen LogP contribution in [0.4, 0.5) is 10.5 Å². The van der Waals surface area contributed by atoms with Crippen molar-refractivity contribution in [2.75, 3.05) is 24.6 Å². The zero-order valence-corrected chi connectivity index (χ0v) is 16.7. The molecule has 0 aliphatic carbocycles. The summed E-state index contributed by atoms with van der Waals surface area (Å²) < 4.78 is 13.0. The number of alkyl carbamates (subject to hydrolysis) is 1. The van der Waals surface area contributed by atoms with Crippen LogP contribution in [-0.2, 0) is 16.2 Å². The molecule has 7 heteroatoms. The Morgan fingerprint density at radius 3 is 2.93 bits per heavy atom. The molecule has 3 rings (SSSR count). The smallest absolute Gasteiger partial charge is 0.407 e. The highest BCUT2D eigenvalue weighted by molar-refractivity contribution is 5.80. The maximum absolute atomic E-state index is 12.0. The minimum absolute atomic E-state index is 0.0931. The second kappa shape index (κ2) is 8.17. The third-order valence-electron chi connectivity index (χ3n) is 4.46. The lowest BCUT2D eigenvalue weighted by Gasteiger charge is -2.22. The number of ether oxygens (including phenoxy) is 2. The van der Waals surface area contributed by atoms with E-state index in [1.165, 1.54) is 0 Å². The summed E-state index contributed by atoms with van der Waals surface area (Å²) in [6, 6.07) is 6.38. The zero-order chi connectivity index (χ0) is 19.4. The summed E-state index contributed by atoms with van der Waals surface area (Å²) in [7, 11) is 0. The Bertz CT molecular complexity index is 781. The third kappa shape index (κ3) is 5.13. The Morgan fingerprint density at radius 2 is 2.19 bits per heavy atom. The van der Waals surface area contributed by atoms with Gasteiger partial charge in [0.1, 0.15) is 12.3 Å². The molecule has 27 heavy (non-hydrogen) atoms. The molecule has 2 aromatic rings. The van der Waals surface area contributed by atoms with Gasteiger partial charge in [-0.1, -0.05) is 6.92 Å². The van der Waals surface area contributed by atoms with Gasteiger partial charge < -0.3 is 24.3 Å². The van der Waals surface area contributed by atoms with Crippen molar-refractivity contribution in [1.29, 1.82) is 0 Å². The topological polar surface area (TPSA) is 68.6 Å². The minimum Gasteiger partial charge on any atom is -0.444 e. The first-order valence-electron chi connectivity index (χ1n) is 9.63. The summed E-state index contributed by atoms with van der Waals surface area (Å²) in [4.78, 5) is 18.7. The van der Waals surface area contributed by atoms with Crippen LogP contribution < -0.4 is 10.2 Å². The average molecular weight is 374 g/mol. The van der Waals surface area contributed by atoms with Crippen LogP contribution in [0, 0.1) is 0 Å². The first-order valence-corrected chi connectivity index (χ1v) is 9.63. The molecule has 2 heterocycles. The van der Waals surface area contributed by atoms with E-state index in [4.69, 9.17) is 9.47 Å². The Kier molecular flexibility index (Phi) is 5.89. The van der Waals surface area contributed by atoms with Crippen molar-refractivity contribution in [3.05, 3.63) is 24.5 Å². The number of hydrogen-bond donors (Lipinski definition) is 1. The molecule has 0 spiro atoms. The van der Waals surface area contributed by atoms with Crippen LogP contribution in [0.5, 0.6) is 0 Å². The summed E-state index contributed by atoms with van der Waals surface area (Å²) in [5.41, 5.74) is 2.66. The highest BCUT2D eigenvalue weighted by Gasteiger charge is 2.26. The molecule has 1 amide bonds. The van der Waals surface area contributed by atoms with Crippen molar-refractivity contribution >= 4 is 22.8 Å². The van der Waals surface area contributed by atoms with Crippen LogP contribution in [0.15, 0.2) is 24.5 Å². The highest BCUT2D eigenvalue weighted by atomic mass is 16.6. The van der Waals surface area contributed by atoms with Crippen molar-refractivity contribution in [3.8, 4) is 0 Å². The summed E-state index contributed by atoms with van der Waals surface area (Å²) in [5, 5.41) is 2.97. The molecule has 7 nitrogen and oxygen atoms in total. The van der Waals surface area contributed by atoms with Crippen LogP contribution in [0.25, 0.3) is 11.0 Å². The molecule has 1 aromatic carbocycles. The van der Waals surface area contributed by atoms with E-state index in [1.54, 1.807) is 0 Å². The molecular formula is C20H30N4O3. The maximum Gasteiger partial charge on any atom is 0.407 e. The number of amides is 1. The molecule has 0 saturated carbocycles. The number of hydrogen-bond acceptors (Lipinski definition) is 5. The fourth-order valence-corrected chi connectivity index (χ4v) is 3.25. The zero-order valence-electron chi connectivity index (χ0n) is 16.7. The fraction of sp³-hybridized carbons (Fsp3) is 0.600. The van der Waals surface area contributed by atoms with Gasteiger partial charge in [-0.2, -0.15) is 0 Å². The van der Waals surface area contributed by atoms with E-state index in [1.807, 2.05) is 31.7 Å². The van der Waals surface area contributed by atoms with E-state index in [2.05, 4.69) is 40.3 Å². The lowest BCUT2D eigenvalue weighted by atomic mass is 10.2. The molecule has 0 bridgehead atoms.